The van der Waals surface area contributed by atoms with Crippen molar-refractivity contribution in [2.24, 2.45) is 0 Å². The van der Waals surface area contributed by atoms with Gasteiger partial charge in [-0.05, 0) is 36.4 Å². The lowest BCUT2D eigenvalue weighted by molar-refractivity contribution is -0.137. The van der Waals surface area contributed by atoms with Crippen LogP contribution in [0.2, 0.25) is 0 Å². The molecule has 2 aromatic carbocycles. The van der Waals surface area contributed by atoms with Crippen molar-refractivity contribution in [1.29, 1.82) is 0 Å². The fourth-order valence-corrected chi connectivity index (χ4v) is 4.34. The molecule has 0 spiro atoms. The lowest BCUT2D eigenvalue weighted by Crippen LogP contribution is -2.18. The Hall–Kier alpha value is -3.38. The lowest BCUT2D eigenvalue weighted by Gasteiger charge is -2.11. The molecule has 7 nitrogen and oxygen atoms in total. The van der Waals surface area contributed by atoms with Gasteiger partial charge in [-0.25, -0.2) is 4.98 Å². The second-order valence-electron chi connectivity index (χ2n) is 6.94. The summed E-state index contributed by atoms with van der Waals surface area (Å²) < 4.78 is 39.3. The van der Waals surface area contributed by atoms with Crippen LogP contribution in [0, 0.1) is 0 Å². The molecule has 3 N–H and O–H groups in total. The first-order chi connectivity index (χ1) is 16.1. The number of nitrogens with zero attached hydrogens (tertiary/aromatic N) is 1. The molecule has 178 valence electrons. The minimum Gasteiger partial charge on any atom is -0.326 e. The fraction of sp³-hybridized carbons (Fsp3) is 0.182. The number of carbonyl (C=O) groups is 3. The molecular formula is C22H19F3N4O3S2. The maximum absolute atomic E-state index is 13.1. The van der Waals surface area contributed by atoms with E-state index in [1.54, 1.807) is 29.6 Å². The maximum Gasteiger partial charge on any atom is 0.417 e. The van der Waals surface area contributed by atoms with Gasteiger partial charge in [-0.1, -0.05) is 12.1 Å². The molecular weight excluding hydrogens is 489 g/mol. The van der Waals surface area contributed by atoms with Crippen LogP contribution in [0.25, 0.3) is 0 Å². The number of anilines is 3. The number of benzene rings is 2. The topological polar surface area (TPSA) is 100 Å². The van der Waals surface area contributed by atoms with E-state index in [1.807, 2.05) is 0 Å². The number of nitrogens with one attached hydrogen (secondary N) is 3. The molecule has 0 aliphatic carbocycles. The smallest absolute Gasteiger partial charge is 0.326 e. The van der Waals surface area contributed by atoms with Crippen LogP contribution in [0.4, 0.5) is 29.7 Å². The summed E-state index contributed by atoms with van der Waals surface area (Å²) in [5, 5.41) is 9.59. The van der Waals surface area contributed by atoms with Gasteiger partial charge in [0.25, 0.3) is 5.91 Å². The van der Waals surface area contributed by atoms with Gasteiger partial charge in [-0.2, -0.15) is 13.2 Å². The molecule has 0 atom stereocenters. The van der Waals surface area contributed by atoms with Crippen LogP contribution in [0.5, 0.6) is 0 Å². The van der Waals surface area contributed by atoms with Crippen LogP contribution in [-0.2, 0) is 21.5 Å². The van der Waals surface area contributed by atoms with E-state index >= 15 is 0 Å². The number of amides is 3. The van der Waals surface area contributed by atoms with Crippen LogP contribution >= 0.6 is 23.1 Å². The Labute approximate surface area is 201 Å². The Kier molecular flexibility index (Phi) is 8.29. The molecule has 0 fully saturated rings. The van der Waals surface area contributed by atoms with E-state index in [0.717, 1.165) is 23.5 Å². The summed E-state index contributed by atoms with van der Waals surface area (Å²) in [6.45, 7) is 1.40. The third-order valence-electron chi connectivity index (χ3n) is 4.22. The lowest BCUT2D eigenvalue weighted by atomic mass is 10.1. The van der Waals surface area contributed by atoms with E-state index in [0.29, 0.717) is 22.8 Å². The van der Waals surface area contributed by atoms with Crippen molar-refractivity contribution in [3.8, 4) is 0 Å². The standard InChI is InChI=1S/C22H19F3N4O3S2/c1-13(30)26-14-6-8-15(9-7-14)27-19(31)12-33-10-16-11-34-21(28-16)29-20(32)17-4-2-3-5-18(17)22(23,24)25/h2-9,11H,10,12H2,1H3,(H,26,30)(H,27,31)(H,28,29,32). The zero-order valence-corrected chi connectivity index (χ0v) is 19.4. The van der Waals surface area contributed by atoms with Gasteiger partial charge in [0.2, 0.25) is 11.8 Å². The predicted molar refractivity (Wildman–Crippen MR) is 127 cm³/mol. The summed E-state index contributed by atoms with van der Waals surface area (Å²) in [5.74, 6) is -0.800. The molecule has 1 heterocycles. The highest BCUT2D eigenvalue weighted by atomic mass is 32.2. The van der Waals surface area contributed by atoms with E-state index in [1.165, 1.54) is 30.8 Å². The Balaban J connectivity index is 1.48. The van der Waals surface area contributed by atoms with Crippen LogP contribution in [0.1, 0.15) is 28.5 Å². The highest BCUT2D eigenvalue weighted by Gasteiger charge is 2.34. The predicted octanol–water partition coefficient (Wildman–Crippen LogP) is 5.24. The van der Waals surface area contributed by atoms with E-state index in [9.17, 15) is 27.6 Å². The summed E-state index contributed by atoms with van der Waals surface area (Å²) in [4.78, 5) is 39.7. The average molecular weight is 509 g/mol. The summed E-state index contributed by atoms with van der Waals surface area (Å²) >= 11 is 2.38. The molecule has 0 saturated heterocycles. The number of hydrogen-bond donors (Lipinski definition) is 3. The van der Waals surface area contributed by atoms with Crippen LogP contribution in [0.15, 0.2) is 53.9 Å². The highest BCUT2D eigenvalue weighted by Crippen LogP contribution is 2.32. The Morgan fingerprint density at radius 1 is 0.971 bits per heavy atom. The molecule has 3 aromatic rings. The normalized spacial score (nSPS) is 11.1. The molecule has 0 aliphatic rings. The summed E-state index contributed by atoms with van der Waals surface area (Å²) in [6.07, 6.45) is -4.65. The Morgan fingerprint density at radius 2 is 1.62 bits per heavy atom. The minimum absolute atomic E-state index is 0.144. The van der Waals surface area contributed by atoms with Crippen molar-refractivity contribution >= 4 is 57.3 Å². The summed E-state index contributed by atoms with van der Waals surface area (Å²) in [6, 6.07) is 11.2. The number of carbonyl (C=O) groups excluding carboxylic acids is 3. The van der Waals surface area contributed by atoms with Gasteiger partial charge in [0.15, 0.2) is 5.13 Å². The second-order valence-corrected chi connectivity index (χ2v) is 8.78. The van der Waals surface area contributed by atoms with Gasteiger partial charge >= 0.3 is 6.18 Å². The van der Waals surface area contributed by atoms with Gasteiger partial charge in [-0.15, -0.1) is 23.1 Å². The Morgan fingerprint density at radius 3 is 2.26 bits per heavy atom. The largest absolute Gasteiger partial charge is 0.417 e. The molecule has 0 bridgehead atoms. The van der Waals surface area contributed by atoms with Gasteiger partial charge in [-0.3, -0.25) is 19.7 Å². The number of alkyl halides is 3. The number of aromatic nitrogens is 1. The van der Waals surface area contributed by atoms with E-state index < -0.39 is 23.2 Å². The first-order valence-corrected chi connectivity index (χ1v) is 11.8. The molecule has 3 rings (SSSR count). The van der Waals surface area contributed by atoms with Crippen molar-refractivity contribution in [3.63, 3.8) is 0 Å². The van der Waals surface area contributed by atoms with Gasteiger partial charge < -0.3 is 10.6 Å². The van der Waals surface area contributed by atoms with Crippen LogP contribution in [0.3, 0.4) is 0 Å². The van der Waals surface area contributed by atoms with Crippen LogP contribution < -0.4 is 16.0 Å². The van der Waals surface area contributed by atoms with Gasteiger partial charge in [0.1, 0.15) is 0 Å². The van der Waals surface area contributed by atoms with Gasteiger partial charge in [0.05, 0.1) is 22.6 Å². The number of halogens is 3. The molecule has 1 aromatic heterocycles. The van der Waals surface area contributed by atoms with Crippen molar-refractivity contribution in [2.75, 3.05) is 21.7 Å². The SMILES string of the molecule is CC(=O)Nc1ccc(NC(=O)CSCc2csc(NC(=O)c3ccccc3C(F)(F)F)n2)cc1. The quantitative estimate of drug-likeness (QED) is 0.386. The zero-order valence-electron chi connectivity index (χ0n) is 17.7. The van der Waals surface area contributed by atoms with E-state index in [-0.39, 0.29) is 22.7 Å². The van der Waals surface area contributed by atoms with Crippen LogP contribution in [-0.4, -0.2) is 28.5 Å². The average Bonchev–Trinajstić information content (AvgIpc) is 3.21. The molecule has 12 heteroatoms. The van der Waals surface area contributed by atoms with Crippen molar-refractivity contribution < 1.29 is 27.6 Å². The van der Waals surface area contributed by atoms with Crippen molar-refractivity contribution in [1.82, 2.24) is 4.98 Å². The number of thiazole rings is 1. The fourth-order valence-electron chi connectivity index (χ4n) is 2.81. The third kappa shape index (κ3) is 7.32. The first kappa shape index (κ1) is 25.2. The Bertz CT molecular complexity index is 1180. The first-order valence-electron chi connectivity index (χ1n) is 9.79. The van der Waals surface area contributed by atoms with E-state index in [4.69, 9.17) is 0 Å². The molecule has 0 unspecified atom stereocenters. The van der Waals surface area contributed by atoms with Gasteiger partial charge in [0, 0.05) is 29.4 Å². The number of rotatable bonds is 8. The maximum atomic E-state index is 13.1. The molecule has 3 amide bonds. The highest BCUT2D eigenvalue weighted by molar-refractivity contribution is 7.99. The molecule has 34 heavy (non-hydrogen) atoms. The third-order valence-corrected chi connectivity index (χ3v) is 5.99. The number of thioether (sulfide) groups is 1. The van der Waals surface area contributed by atoms with Crippen molar-refractivity contribution in [3.05, 3.63) is 70.7 Å². The van der Waals surface area contributed by atoms with Crippen molar-refractivity contribution in [2.45, 2.75) is 18.9 Å². The number of hydrogen-bond acceptors (Lipinski definition) is 6. The minimum atomic E-state index is -4.65. The summed E-state index contributed by atoms with van der Waals surface area (Å²) in [5.41, 5.74) is 0.283. The zero-order chi connectivity index (χ0) is 24.7. The summed E-state index contributed by atoms with van der Waals surface area (Å²) in [7, 11) is 0. The molecule has 0 saturated carbocycles. The molecule has 0 aliphatic heterocycles. The monoisotopic (exact) mass is 508 g/mol. The second kappa shape index (κ2) is 11.2. The molecule has 0 radical (unpaired) electrons. The van der Waals surface area contributed by atoms with E-state index in [2.05, 4.69) is 20.9 Å².